The topological polar surface area (TPSA) is 20.3 Å². The van der Waals surface area contributed by atoms with Crippen LogP contribution in [0.5, 0.6) is 0 Å². The van der Waals surface area contributed by atoms with Gasteiger partial charge in [0.2, 0.25) is 0 Å². The summed E-state index contributed by atoms with van der Waals surface area (Å²) < 4.78 is 0.833. The molecule has 1 aromatic carbocycles. The van der Waals surface area contributed by atoms with Gasteiger partial charge in [-0.1, -0.05) is 35.9 Å². The molecule has 0 bridgehead atoms. The van der Waals surface area contributed by atoms with Gasteiger partial charge in [0, 0.05) is 23.5 Å². The van der Waals surface area contributed by atoms with Crippen LogP contribution in [0.3, 0.4) is 0 Å². The molecule has 4 heteroatoms. The number of aldehydes is 1. The van der Waals surface area contributed by atoms with Crippen molar-refractivity contribution in [2.45, 2.75) is 19.4 Å². The summed E-state index contributed by atoms with van der Waals surface area (Å²) in [6, 6.07) is 10.6. The molecule has 1 aliphatic heterocycles. The Bertz CT molecular complexity index is 692. The second-order valence-corrected chi connectivity index (χ2v) is 7.01. The van der Waals surface area contributed by atoms with E-state index in [1.165, 1.54) is 21.6 Å². The van der Waals surface area contributed by atoms with Crippen LogP contribution in [0.2, 0.25) is 4.34 Å². The number of hydrogen-bond donors (Lipinski definition) is 0. The van der Waals surface area contributed by atoms with E-state index in [9.17, 15) is 4.79 Å². The minimum Gasteiger partial charge on any atom is -0.371 e. The van der Waals surface area contributed by atoms with E-state index in [0.29, 0.717) is 5.92 Å². The van der Waals surface area contributed by atoms with E-state index >= 15 is 0 Å². The minimum absolute atomic E-state index is 0.301. The molecule has 0 unspecified atom stereocenters. The Morgan fingerprint density at radius 2 is 2.14 bits per heavy atom. The van der Waals surface area contributed by atoms with Gasteiger partial charge in [-0.3, -0.25) is 4.79 Å². The van der Waals surface area contributed by atoms with Crippen LogP contribution in [-0.4, -0.2) is 17.7 Å². The summed E-state index contributed by atoms with van der Waals surface area (Å²) >= 11 is 7.85. The van der Waals surface area contributed by atoms with E-state index in [-0.39, 0.29) is 0 Å². The Morgan fingerprint density at radius 3 is 2.90 bits per heavy atom. The summed E-state index contributed by atoms with van der Waals surface area (Å²) in [5.74, 6) is 0.301. The molecule has 0 saturated heterocycles. The van der Waals surface area contributed by atoms with E-state index in [2.05, 4.69) is 42.2 Å². The van der Waals surface area contributed by atoms with Gasteiger partial charge in [0.15, 0.2) is 0 Å². The normalized spacial score (nSPS) is 18.0. The third kappa shape index (κ3) is 2.89. The van der Waals surface area contributed by atoms with Crippen molar-refractivity contribution >= 4 is 29.2 Å². The molecule has 0 saturated carbocycles. The number of thiophene rings is 1. The summed E-state index contributed by atoms with van der Waals surface area (Å²) in [4.78, 5) is 14.0. The first kappa shape index (κ1) is 14.4. The highest BCUT2D eigenvalue weighted by molar-refractivity contribution is 7.16. The van der Waals surface area contributed by atoms with Gasteiger partial charge in [0.1, 0.15) is 6.29 Å². The lowest BCUT2D eigenvalue weighted by Gasteiger charge is -2.33. The first-order valence-corrected chi connectivity index (χ1v) is 8.08. The zero-order valence-electron chi connectivity index (χ0n) is 11.8. The van der Waals surface area contributed by atoms with Crippen molar-refractivity contribution in [2.24, 2.45) is 0 Å². The van der Waals surface area contributed by atoms with Crippen molar-refractivity contribution in [3.8, 4) is 0 Å². The van der Waals surface area contributed by atoms with Gasteiger partial charge >= 0.3 is 0 Å². The van der Waals surface area contributed by atoms with Crippen LogP contribution >= 0.6 is 22.9 Å². The third-order valence-corrected chi connectivity index (χ3v) is 5.15. The largest absolute Gasteiger partial charge is 0.371 e. The van der Waals surface area contributed by atoms with Gasteiger partial charge in [0.25, 0.3) is 0 Å². The van der Waals surface area contributed by atoms with Gasteiger partial charge in [-0.25, -0.2) is 0 Å². The van der Waals surface area contributed by atoms with Crippen molar-refractivity contribution in [1.29, 1.82) is 0 Å². The zero-order valence-corrected chi connectivity index (χ0v) is 13.3. The second kappa shape index (κ2) is 6.04. The molecule has 0 fully saturated rings. The summed E-state index contributed by atoms with van der Waals surface area (Å²) in [6.07, 6.45) is 4.24. The maximum absolute atomic E-state index is 10.6. The van der Waals surface area contributed by atoms with E-state index in [4.69, 9.17) is 11.6 Å². The summed E-state index contributed by atoms with van der Waals surface area (Å²) in [6.45, 7) is 3.83. The van der Waals surface area contributed by atoms with Crippen LogP contribution in [0.15, 0.2) is 42.6 Å². The smallest absolute Gasteiger partial charge is 0.144 e. The average Bonchev–Trinajstić information content (AvgIpc) is 2.85. The Balaban J connectivity index is 2.03. The monoisotopic (exact) mass is 317 g/mol. The zero-order chi connectivity index (χ0) is 14.8. The van der Waals surface area contributed by atoms with Crippen molar-refractivity contribution in [3.63, 3.8) is 0 Å². The number of rotatable bonds is 3. The van der Waals surface area contributed by atoms with E-state index in [1.54, 1.807) is 17.4 Å². The molecule has 21 heavy (non-hydrogen) atoms. The molecule has 0 N–H and O–H groups in total. The number of carbonyl (C=O) groups excluding carboxylic acids is 1. The van der Waals surface area contributed by atoms with Crippen LogP contribution in [-0.2, 0) is 11.3 Å². The quantitative estimate of drug-likeness (QED) is 0.619. The molecule has 1 aromatic heterocycles. The number of carbonyl (C=O) groups is 1. The van der Waals surface area contributed by atoms with E-state index in [1.807, 2.05) is 6.20 Å². The van der Waals surface area contributed by atoms with Crippen molar-refractivity contribution in [2.75, 3.05) is 6.54 Å². The molecule has 0 amide bonds. The predicted octanol–water partition coefficient (Wildman–Crippen LogP) is 4.37. The van der Waals surface area contributed by atoms with Crippen LogP contribution in [0.1, 0.15) is 27.5 Å². The SMILES string of the molecule is Cc1ccccc1[C@@H]1CN(C=CC=O)Cc2sc(Cl)cc21. The lowest BCUT2D eigenvalue weighted by molar-refractivity contribution is -0.104. The van der Waals surface area contributed by atoms with Gasteiger partial charge < -0.3 is 4.90 Å². The van der Waals surface area contributed by atoms with Gasteiger partial charge in [0.05, 0.1) is 10.9 Å². The molecule has 0 aliphatic carbocycles. The van der Waals surface area contributed by atoms with Crippen LogP contribution in [0.25, 0.3) is 0 Å². The van der Waals surface area contributed by atoms with Gasteiger partial charge in [-0.05, 0) is 35.8 Å². The first-order valence-electron chi connectivity index (χ1n) is 6.88. The average molecular weight is 318 g/mol. The highest BCUT2D eigenvalue weighted by atomic mass is 35.5. The number of fused-ring (bicyclic) bond motifs is 1. The van der Waals surface area contributed by atoms with Gasteiger partial charge in [-0.2, -0.15) is 0 Å². The number of nitrogens with zero attached hydrogens (tertiary/aromatic N) is 1. The number of halogens is 1. The van der Waals surface area contributed by atoms with Crippen molar-refractivity contribution in [3.05, 3.63) is 68.5 Å². The molecule has 2 nitrogen and oxygen atoms in total. The Hall–Kier alpha value is -1.58. The van der Waals surface area contributed by atoms with Crippen LogP contribution in [0, 0.1) is 6.92 Å². The van der Waals surface area contributed by atoms with Crippen molar-refractivity contribution in [1.82, 2.24) is 4.90 Å². The number of allylic oxidation sites excluding steroid dienone is 1. The second-order valence-electron chi connectivity index (χ2n) is 5.25. The Kier molecular flexibility index (Phi) is 4.13. The van der Waals surface area contributed by atoms with Crippen LogP contribution in [0.4, 0.5) is 0 Å². The lowest BCUT2D eigenvalue weighted by atomic mass is 9.86. The van der Waals surface area contributed by atoms with Gasteiger partial charge in [-0.15, -0.1) is 11.3 Å². The molecule has 1 atom stereocenters. The molecule has 108 valence electrons. The molecule has 2 aromatic rings. The maximum atomic E-state index is 10.6. The number of benzene rings is 1. The fraction of sp³-hybridized carbons (Fsp3) is 0.235. The predicted molar refractivity (Wildman–Crippen MR) is 88.0 cm³/mol. The summed E-state index contributed by atoms with van der Waals surface area (Å²) in [5.41, 5.74) is 3.95. The molecule has 0 radical (unpaired) electrons. The minimum atomic E-state index is 0.301. The Labute approximate surface area is 133 Å². The van der Waals surface area contributed by atoms with E-state index < -0.39 is 0 Å². The Morgan fingerprint density at radius 1 is 1.33 bits per heavy atom. The third-order valence-electron chi connectivity index (χ3n) is 3.89. The summed E-state index contributed by atoms with van der Waals surface area (Å²) in [7, 11) is 0. The maximum Gasteiger partial charge on any atom is 0.144 e. The summed E-state index contributed by atoms with van der Waals surface area (Å²) in [5, 5.41) is 0. The molecule has 0 spiro atoms. The molecular formula is C17H16ClNOS. The molecule has 3 rings (SSSR count). The van der Waals surface area contributed by atoms with E-state index in [0.717, 1.165) is 23.7 Å². The standard InChI is InChI=1S/C17H16ClNOS/c1-12-5-2-3-6-13(12)15-10-19(7-4-8-20)11-16-14(15)9-17(18)21-16/h2-9,15H,10-11H2,1H3/t15-/m0/s1. The molecule has 1 aliphatic rings. The highest BCUT2D eigenvalue weighted by Gasteiger charge is 2.28. The molecular weight excluding hydrogens is 302 g/mol. The first-order chi connectivity index (χ1) is 10.2. The number of hydrogen-bond acceptors (Lipinski definition) is 3. The van der Waals surface area contributed by atoms with Crippen molar-refractivity contribution < 1.29 is 4.79 Å². The van der Waals surface area contributed by atoms with Crippen LogP contribution < -0.4 is 0 Å². The highest BCUT2D eigenvalue weighted by Crippen LogP contribution is 2.40. The fourth-order valence-electron chi connectivity index (χ4n) is 2.92. The lowest BCUT2D eigenvalue weighted by Crippen LogP contribution is -2.29. The molecule has 2 heterocycles. The fourth-order valence-corrected chi connectivity index (χ4v) is 4.29. The number of aryl methyl sites for hydroxylation is 1.